The van der Waals surface area contributed by atoms with Crippen LogP contribution in [0.1, 0.15) is 51.9 Å². The molecule has 1 unspecified atom stereocenters. The Hall–Kier alpha value is -0.570. The smallest absolute Gasteiger partial charge is 0.220 e. The predicted octanol–water partition coefficient (Wildman–Crippen LogP) is 1.81. The number of rotatable bonds is 5. The molecule has 15 heavy (non-hydrogen) atoms. The molecule has 1 aliphatic rings. The van der Waals surface area contributed by atoms with E-state index in [0.29, 0.717) is 12.5 Å². The van der Waals surface area contributed by atoms with Gasteiger partial charge >= 0.3 is 0 Å². The summed E-state index contributed by atoms with van der Waals surface area (Å²) in [6.07, 6.45) is 8.01. The van der Waals surface area contributed by atoms with Gasteiger partial charge in [0.05, 0.1) is 0 Å². The summed E-state index contributed by atoms with van der Waals surface area (Å²) < 4.78 is 0. The van der Waals surface area contributed by atoms with Crippen molar-refractivity contribution in [2.75, 3.05) is 6.54 Å². The van der Waals surface area contributed by atoms with Crippen molar-refractivity contribution in [2.24, 2.45) is 11.7 Å². The van der Waals surface area contributed by atoms with Gasteiger partial charge in [-0.2, -0.15) is 0 Å². The lowest BCUT2D eigenvalue weighted by Gasteiger charge is -2.22. The summed E-state index contributed by atoms with van der Waals surface area (Å²) in [4.78, 5) is 11.6. The Balaban J connectivity index is 2.16. The molecule has 1 fully saturated rings. The predicted molar refractivity (Wildman–Crippen MR) is 62.5 cm³/mol. The first-order chi connectivity index (χ1) is 7.22. The van der Waals surface area contributed by atoms with Gasteiger partial charge in [-0.3, -0.25) is 4.79 Å². The molecule has 3 nitrogen and oxygen atoms in total. The quantitative estimate of drug-likeness (QED) is 0.730. The van der Waals surface area contributed by atoms with Gasteiger partial charge in [0.2, 0.25) is 5.91 Å². The van der Waals surface area contributed by atoms with E-state index in [-0.39, 0.29) is 11.9 Å². The third-order valence-corrected chi connectivity index (χ3v) is 3.21. The van der Waals surface area contributed by atoms with Crippen LogP contribution in [0.4, 0.5) is 0 Å². The van der Waals surface area contributed by atoms with E-state index < -0.39 is 0 Å². The monoisotopic (exact) mass is 212 g/mol. The molecule has 1 amide bonds. The Morgan fingerprint density at radius 1 is 1.40 bits per heavy atom. The van der Waals surface area contributed by atoms with E-state index in [0.717, 1.165) is 12.8 Å². The van der Waals surface area contributed by atoms with Crippen molar-refractivity contribution in [3.63, 3.8) is 0 Å². The van der Waals surface area contributed by atoms with Crippen molar-refractivity contribution >= 4 is 5.91 Å². The van der Waals surface area contributed by atoms with Gasteiger partial charge < -0.3 is 11.1 Å². The third-order valence-electron chi connectivity index (χ3n) is 3.21. The number of carbonyl (C=O) groups is 1. The Kier molecular flexibility index (Phi) is 5.69. The molecule has 0 aromatic heterocycles. The van der Waals surface area contributed by atoms with E-state index in [1.807, 2.05) is 6.92 Å². The molecule has 0 aromatic carbocycles. The van der Waals surface area contributed by atoms with Crippen LogP contribution in [-0.2, 0) is 4.79 Å². The summed E-state index contributed by atoms with van der Waals surface area (Å²) in [5.74, 6) is 0.840. The molecule has 0 spiro atoms. The molecule has 0 radical (unpaired) electrons. The van der Waals surface area contributed by atoms with E-state index in [1.165, 1.54) is 32.1 Å². The number of hydrogen-bond acceptors (Lipinski definition) is 2. The Bertz CT molecular complexity index is 188. The van der Waals surface area contributed by atoms with Crippen molar-refractivity contribution in [2.45, 2.75) is 57.9 Å². The molecule has 88 valence electrons. The molecule has 1 saturated carbocycles. The average Bonchev–Trinajstić information content (AvgIpc) is 2.19. The van der Waals surface area contributed by atoms with Crippen molar-refractivity contribution in [1.82, 2.24) is 5.32 Å². The molecule has 1 rings (SSSR count). The minimum atomic E-state index is 0.211. The van der Waals surface area contributed by atoms with Crippen molar-refractivity contribution in [3.8, 4) is 0 Å². The molecule has 0 bridgehead atoms. The molecule has 0 aromatic rings. The molecular formula is C12H24N2O. The van der Waals surface area contributed by atoms with E-state index >= 15 is 0 Å². The number of nitrogens with one attached hydrogen (secondary N) is 1. The van der Waals surface area contributed by atoms with E-state index in [4.69, 9.17) is 5.73 Å². The van der Waals surface area contributed by atoms with Gasteiger partial charge in [0, 0.05) is 12.5 Å². The fourth-order valence-corrected chi connectivity index (χ4v) is 2.31. The zero-order valence-electron chi connectivity index (χ0n) is 9.80. The van der Waals surface area contributed by atoms with E-state index in [9.17, 15) is 4.79 Å². The standard InChI is InChI=1S/C12H24N2O/c1-10(7-8-13)14-12(15)9-11-5-3-2-4-6-11/h10-11H,2-9,13H2,1H3,(H,14,15). The van der Waals surface area contributed by atoms with Crippen LogP contribution in [0.25, 0.3) is 0 Å². The van der Waals surface area contributed by atoms with Crippen molar-refractivity contribution < 1.29 is 4.79 Å². The minimum absolute atomic E-state index is 0.211. The van der Waals surface area contributed by atoms with Gasteiger partial charge in [-0.25, -0.2) is 0 Å². The Morgan fingerprint density at radius 3 is 2.67 bits per heavy atom. The summed E-state index contributed by atoms with van der Waals surface area (Å²) >= 11 is 0. The zero-order valence-corrected chi connectivity index (χ0v) is 9.80. The number of nitrogens with two attached hydrogens (primary N) is 1. The maximum absolute atomic E-state index is 11.6. The summed E-state index contributed by atoms with van der Waals surface area (Å²) in [5, 5.41) is 3.01. The van der Waals surface area contributed by atoms with Crippen LogP contribution in [0.5, 0.6) is 0 Å². The highest BCUT2D eigenvalue weighted by atomic mass is 16.1. The fraction of sp³-hybridized carbons (Fsp3) is 0.917. The Morgan fingerprint density at radius 2 is 2.07 bits per heavy atom. The van der Waals surface area contributed by atoms with Crippen LogP contribution in [-0.4, -0.2) is 18.5 Å². The summed E-state index contributed by atoms with van der Waals surface area (Å²) in [6.45, 7) is 2.66. The molecular weight excluding hydrogens is 188 g/mol. The molecule has 0 heterocycles. The first-order valence-corrected chi connectivity index (χ1v) is 6.21. The first kappa shape index (κ1) is 12.5. The van der Waals surface area contributed by atoms with Crippen LogP contribution < -0.4 is 11.1 Å². The lowest BCUT2D eigenvalue weighted by molar-refractivity contribution is -0.122. The van der Waals surface area contributed by atoms with Crippen LogP contribution >= 0.6 is 0 Å². The third kappa shape index (κ3) is 5.17. The first-order valence-electron chi connectivity index (χ1n) is 6.21. The molecule has 1 atom stereocenters. The number of amides is 1. The fourth-order valence-electron chi connectivity index (χ4n) is 2.31. The summed E-state index contributed by atoms with van der Waals surface area (Å²) in [5.41, 5.74) is 5.44. The van der Waals surface area contributed by atoms with E-state index in [2.05, 4.69) is 5.32 Å². The van der Waals surface area contributed by atoms with Crippen LogP contribution in [0.15, 0.2) is 0 Å². The molecule has 3 heteroatoms. The van der Waals surface area contributed by atoms with Gasteiger partial charge in [0.1, 0.15) is 0 Å². The van der Waals surface area contributed by atoms with Gasteiger partial charge in [0.15, 0.2) is 0 Å². The Labute approximate surface area is 92.8 Å². The van der Waals surface area contributed by atoms with E-state index in [1.54, 1.807) is 0 Å². The van der Waals surface area contributed by atoms with Gasteiger partial charge in [-0.15, -0.1) is 0 Å². The second-order valence-electron chi connectivity index (χ2n) is 4.75. The lowest BCUT2D eigenvalue weighted by atomic mass is 9.87. The largest absolute Gasteiger partial charge is 0.354 e. The zero-order chi connectivity index (χ0) is 11.1. The highest BCUT2D eigenvalue weighted by Gasteiger charge is 2.17. The second kappa shape index (κ2) is 6.83. The highest BCUT2D eigenvalue weighted by Crippen LogP contribution is 2.26. The van der Waals surface area contributed by atoms with Crippen molar-refractivity contribution in [3.05, 3.63) is 0 Å². The minimum Gasteiger partial charge on any atom is -0.354 e. The molecule has 3 N–H and O–H groups in total. The SMILES string of the molecule is CC(CCN)NC(=O)CC1CCCCC1. The average molecular weight is 212 g/mol. The van der Waals surface area contributed by atoms with Crippen LogP contribution in [0.2, 0.25) is 0 Å². The topological polar surface area (TPSA) is 55.1 Å². The lowest BCUT2D eigenvalue weighted by Crippen LogP contribution is -2.35. The van der Waals surface area contributed by atoms with Crippen LogP contribution in [0.3, 0.4) is 0 Å². The van der Waals surface area contributed by atoms with Gasteiger partial charge in [-0.05, 0) is 38.6 Å². The maximum atomic E-state index is 11.6. The number of carbonyl (C=O) groups excluding carboxylic acids is 1. The summed E-state index contributed by atoms with van der Waals surface area (Å²) in [7, 11) is 0. The normalized spacial score (nSPS) is 19.9. The second-order valence-corrected chi connectivity index (χ2v) is 4.75. The van der Waals surface area contributed by atoms with Crippen LogP contribution in [0, 0.1) is 5.92 Å². The van der Waals surface area contributed by atoms with Gasteiger partial charge in [-0.1, -0.05) is 19.3 Å². The summed E-state index contributed by atoms with van der Waals surface area (Å²) in [6, 6.07) is 0.228. The maximum Gasteiger partial charge on any atom is 0.220 e. The molecule has 1 aliphatic carbocycles. The van der Waals surface area contributed by atoms with Gasteiger partial charge in [0.25, 0.3) is 0 Å². The number of hydrogen-bond donors (Lipinski definition) is 2. The molecule has 0 aliphatic heterocycles. The molecule has 0 saturated heterocycles. The highest BCUT2D eigenvalue weighted by molar-refractivity contribution is 5.76. The van der Waals surface area contributed by atoms with Crippen molar-refractivity contribution in [1.29, 1.82) is 0 Å².